The van der Waals surface area contributed by atoms with Crippen LogP contribution in [0.1, 0.15) is 20.3 Å². The van der Waals surface area contributed by atoms with Crippen LogP contribution in [0, 0.1) is 5.92 Å². The van der Waals surface area contributed by atoms with Crippen LogP contribution in [0.2, 0.25) is 0 Å². The third kappa shape index (κ3) is 6.19. The van der Waals surface area contributed by atoms with E-state index in [1.165, 1.54) is 0 Å². The summed E-state index contributed by atoms with van der Waals surface area (Å²) in [5.74, 6) is 7.00. The maximum Gasteiger partial charge on any atom is 0.243 e. The summed E-state index contributed by atoms with van der Waals surface area (Å²) in [6.07, 6.45) is 1.16. The van der Waals surface area contributed by atoms with Gasteiger partial charge in [0.15, 0.2) is 0 Å². The van der Waals surface area contributed by atoms with Crippen LogP contribution in [0.25, 0.3) is 0 Å². The van der Waals surface area contributed by atoms with Crippen molar-refractivity contribution in [2.45, 2.75) is 20.3 Å². The number of carbonyl (C=O) groups excluding carboxylic acids is 1. The first-order valence-corrected chi connectivity index (χ1v) is 4.93. The van der Waals surface area contributed by atoms with Crippen LogP contribution in [-0.2, 0) is 4.79 Å². The van der Waals surface area contributed by atoms with Gasteiger partial charge in [-0.3, -0.25) is 10.2 Å². The highest BCUT2D eigenvalue weighted by Crippen LogP contribution is 2.10. The molecule has 0 radical (unpaired) electrons. The zero-order valence-electron chi connectivity index (χ0n) is 7.09. The van der Waals surface area contributed by atoms with Crippen molar-refractivity contribution in [1.29, 1.82) is 0 Å². The number of nitrogens with two attached hydrogens (primary N) is 1. The summed E-state index contributed by atoms with van der Waals surface area (Å²) in [6.45, 7) is 4.32. The van der Waals surface area contributed by atoms with Gasteiger partial charge in [0, 0.05) is 0 Å². The fourth-order valence-corrected chi connectivity index (χ4v) is 1.54. The standard InChI is InChI=1S/C7H16N2OS/c1-3-6(2)4-11-5-7(10)9-8/h6H,3-5,8H2,1-2H3,(H,9,10). The van der Waals surface area contributed by atoms with Gasteiger partial charge in [-0.15, -0.1) is 0 Å². The number of amides is 1. The van der Waals surface area contributed by atoms with E-state index >= 15 is 0 Å². The van der Waals surface area contributed by atoms with Crippen LogP contribution < -0.4 is 11.3 Å². The summed E-state index contributed by atoms with van der Waals surface area (Å²) >= 11 is 1.63. The lowest BCUT2D eigenvalue weighted by atomic mass is 10.2. The van der Waals surface area contributed by atoms with Crippen molar-refractivity contribution >= 4 is 17.7 Å². The predicted molar refractivity (Wildman–Crippen MR) is 49.1 cm³/mol. The van der Waals surface area contributed by atoms with Gasteiger partial charge in [0.05, 0.1) is 5.75 Å². The van der Waals surface area contributed by atoms with Crippen LogP contribution >= 0.6 is 11.8 Å². The summed E-state index contributed by atoms with van der Waals surface area (Å²) in [6, 6.07) is 0. The lowest BCUT2D eigenvalue weighted by Crippen LogP contribution is -2.31. The first kappa shape index (κ1) is 10.8. The molecular formula is C7H16N2OS. The molecule has 0 saturated carbocycles. The van der Waals surface area contributed by atoms with Crippen molar-refractivity contribution in [3.05, 3.63) is 0 Å². The predicted octanol–water partition coefficient (Wildman–Crippen LogP) is 0.756. The normalized spacial score (nSPS) is 12.6. The second-order valence-corrected chi connectivity index (χ2v) is 3.63. The first-order chi connectivity index (χ1) is 5.20. The lowest BCUT2D eigenvalue weighted by molar-refractivity contribution is -0.118. The minimum absolute atomic E-state index is 0.0988. The Bertz CT molecular complexity index is 119. The average Bonchev–Trinajstić information content (AvgIpc) is 2.04. The van der Waals surface area contributed by atoms with Gasteiger partial charge in [-0.2, -0.15) is 11.8 Å². The Balaban J connectivity index is 3.20. The SMILES string of the molecule is CCC(C)CSCC(=O)NN. The summed E-state index contributed by atoms with van der Waals surface area (Å²) in [5, 5.41) is 0. The zero-order valence-corrected chi connectivity index (χ0v) is 7.91. The smallest absolute Gasteiger partial charge is 0.243 e. The summed E-state index contributed by atoms with van der Waals surface area (Å²) in [7, 11) is 0. The highest BCUT2D eigenvalue weighted by atomic mass is 32.2. The molecule has 0 saturated heterocycles. The molecule has 0 aliphatic heterocycles. The topological polar surface area (TPSA) is 55.1 Å². The lowest BCUT2D eigenvalue weighted by Gasteiger charge is -2.06. The highest BCUT2D eigenvalue weighted by molar-refractivity contribution is 7.99. The minimum atomic E-state index is -0.0988. The van der Waals surface area contributed by atoms with Gasteiger partial charge < -0.3 is 0 Å². The summed E-state index contributed by atoms with van der Waals surface area (Å²) in [4.78, 5) is 10.6. The highest BCUT2D eigenvalue weighted by Gasteiger charge is 2.01. The van der Waals surface area contributed by atoms with E-state index in [0.29, 0.717) is 11.7 Å². The van der Waals surface area contributed by atoms with Crippen LogP contribution in [0.4, 0.5) is 0 Å². The van der Waals surface area contributed by atoms with E-state index in [1.54, 1.807) is 11.8 Å². The van der Waals surface area contributed by atoms with Crippen LogP contribution in [0.15, 0.2) is 0 Å². The van der Waals surface area contributed by atoms with E-state index < -0.39 is 0 Å². The Hall–Kier alpha value is -0.220. The Morgan fingerprint density at radius 3 is 2.82 bits per heavy atom. The maximum absolute atomic E-state index is 10.6. The van der Waals surface area contributed by atoms with Gasteiger partial charge >= 0.3 is 0 Å². The average molecular weight is 176 g/mol. The Morgan fingerprint density at radius 1 is 1.73 bits per heavy atom. The number of nitrogens with one attached hydrogen (secondary N) is 1. The van der Waals surface area contributed by atoms with E-state index in [0.717, 1.165) is 12.2 Å². The number of hydrogen-bond acceptors (Lipinski definition) is 3. The van der Waals surface area contributed by atoms with E-state index in [-0.39, 0.29) is 5.91 Å². The fraction of sp³-hybridized carbons (Fsp3) is 0.857. The third-order valence-corrected chi connectivity index (χ3v) is 2.76. The maximum atomic E-state index is 10.6. The molecule has 0 aromatic heterocycles. The molecule has 0 heterocycles. The number of carbonyl (C=O) groups is 1. The molecule has 0 fully saturated rings. The molecule has 3 nitrogen and oxygen atoms in total. The van der Waals surface area contributed by atoms with E-state index in [1.807, 2.05) is 0 Å². The van der Waals surface area contributed by atoms with Crippen molar-refractivity contribution < 1.29 is 4.79 Å². The molecule has 0 aliphatic rings. The zero-order chi connectivity index (χ0) is 8.69. The quantitative estimate of drug-likeness (QED) is 0.369. The van der Waals surface area contributed by atoms with E-state index in [4.69, 9.17) is 5.84 Å². The van der Waals surface area contributed by atoms with Gasteiger partial charge in [0.2, 0.25) is 5.91 Å². The first-order valence-electron chi connectivity index (χ1n) is 3.77. The number of thioether (sulfide) groups is 1. The summed E-state index contributed by atoms with van der Waals surface area (Å²) in [5.41, 5.74) is 2.10. The third-order valence-electron chi connectivity index (χ3n) is 1.49. The van der Waals surface area contributed by atoms with Crippen molar-refractivity contribution in [3.8, 4) is 0 Å². The Morgan fingerprint density at radius 2 is 2.36 bits per heavy atom. The molecule has 0 aromatic carbocycles. The monoisotopic (exact) mass is 176 g/mol. The molecule has 0 spiro atoms. The largest absolute Gasteiger partial charge is 0.294 e. The molecule has 0 bridgehead atoms. The molecule has 0 aliphatic carbocycles. The van der Waals surface area contributed by atoms with E-state index in [9.17, 15) is 4.79 Å². The van der Waals surface area contributed by atoms with Gasteiger partial charge in [-0.25, -0.2) is 5.84 Å². The second-order valence-electron chi connectivity index (χ2n) is 2.60. The Labute approximate surface area is 72.1 Å². The second kappa shape index (κ2) is 6.49. The number of hydrazine groups is 1. The fourth-order valence-electron chi connectivity index (χ4n) is 0.512. The number of rotatable bonds is 5. The number of hydrogen-bond donors (Lipinski definition) is 2. The van der Waals surface area contributed by atoms with Crippen molar-refractivity contribution in [2.24, 2.45) is 11.8 Å². The molecule has 3 N–H and O–H groups in total. The van der Waals surface area contributed by atoms with Gasteiger partial charge in [0.1, 0.15) is 0 Å². The van der Waals surface area contributed by atoms with E-state index in [2.05, 4.69) is 19.3 Å². The molecule has 11 heavy (non-hydrogen) atoms. The van der Waals surface area contributed by atoms with Crippen molar-refractivity contribution in [1.82, 2.24) is 5.43 Å². The van der Waals surface area contributed by atoms with Crippen LogP contribution in [0.5, 0.6) is 0 Å². The van der Waals surface area contributed by atoms with Gasteiger partial charge in [0.25, 0.3) is 0 Å². The molecule has 1 amide bonds. The van der Waals surface area contributed by atoms with Gasteiger partial charge in [-0.1, -0.05) is 20.3 Å². The molecule has 66 valence electrons. The minimum Gasteiger partial charge on any atom is -0.294 e. The van der Waals surface area contributed by atoms with Crippen molar-refractivity contribution in [3.63, 3.8) is 0 Å². The Kier molecular flexibility index (Phi) is 6.36. The van der Waals surface area contributed by atoms with Gasteiger partial charge in [-0.05, 0) is 11.7 Å². The molecule has 0 rings (SSSR count). The molecule has 4 heteroatoms. The molecule has 1 unspecified atom stereocenters. The molecular weight excluding hydrogens is 160 g/mol. The van der Waals surface area contributed by atoms with Crippen LogP contribution in [0.3, 0.4) is 0 Å². The summed E-state index contributed by atoms with van der Waals surface area (Å²) < 4.78 is 0. The van der Waals surface area contributed by atoms with Crippen LogP contribution in [-0.4, -0.2) is 17.4 Å². The molecule has 1 atom stereocenters. The van der Waals surface area contributed by atoms with Crippen molar-refractivity contribution in [2.75, 3.05) is 11.5 Å². The molecule has 0 aromatic rings.